The number of likely N-dealkylation sites (N-methyl/N-ethyl adjacent to an activating group) is 1. The minimum atomic E-state index is -4.40. The molecule has 10 heteroatoms. The van der Waals surface area contributed by atoms with Gasteiger partial charge in [0, 0.05) is 39.4 Å². The molecule has 1 fully saturated rings. The zero-order valence-electron chi connectivity index (χ0n) is 18.1. The molecular formula is C22H24F3N5OS. The zero-order valence-corrected chi connectivity index (χ0v) is 18.9. The molecule has 6 nitrogen and oxygen atoms in total. The lowest BCUT2D eigenvalue weighted by molar-refractivity contribution is -0.137. The Labute approximate surface area is 188 Å². The van der Waals surface area contributed by atoms with Gasteiger partial charge in [-0.15, -0.1) is 0 Å². The molecule has 1 amide bonds. The second-order valence-electron chi connectivity index (χ2n) is 8.00. The molecule has 170 valence electrons. The number of rotatable bonds is 4. The standard InChI is InChI=1S/C22H24F3N5OS/c1-14-4-5-15(2)20-19(14)27-21(32-20)28(3)13-18(31)30-10-8-29(9-11-30)17-7-6-16(12-26-17)22(23,24)25/h4-7,12H,8-11,13H2,1-3H3. The van der Waals surface area contributed by atoms with E-state index >= 15 is 0 Å². The molecule has 0 unspecified atom stereocenters. The number of carbonyl (C=O) groups is 1. The minimum Gasteiger partial charge on any atom is -0.353 e. The molecule has 0 atom stereocenters. The molecule has 2 aromatic heterocycles. The van der Waals surface area contributed by atoms with Crippen molar-refractivity contribution < 1.29 is 18.0 Å². The smallest absolute Gasteiger partial charge is 0.353 e. The Bertz CT molecular complexity index is 1080. The normalized spacial score (nSPS) is 14.8. The van der Waals surface area contributed by atoms with Gasteiger partial charge < -0.3 is 14.7 Å². The number of amides is 1. The number of anilines is 2. The molecule has 3 aromatic rings. The molecule has 1 aliphatic heterocycles. The quantitative estimate of drug-likeness (QED) is 0.583. The van der Waals surface area contributed by atoms with Crippen LogP contribution in [0.1, 0.15) is 16.7 Å². The number of thiazole rings is 1. The van der Waals surface area contributed by atoms with E-state index < -0.39 is 11.7 Å². The van der Waals surface area contributed by atoms with E-state index in [1.807, 2.05) is 23.8 Å². The summed E-state index contributed by atoms with van der Waals surface area (Å²) in [5.74, 6) is 0.489. The Kier molecular flexibility index (Phi) is 5.98. The van der Waals surface area contributed by atoms with Crippen LogP contribution < -0.4 is 9.80 Å². The van der Waals surface area contributed by atoms with Gasteiger partial charge in [-0.25, -0.2) is 9.97 Å². The Morgan fingerprint density at radius 1 is 1.09 bits per heavy atom. The van der Waals surface area contributed by atoms with Crippen LogP contribution in [-0.2, 0) is 11.0 Å². The lowest BCUT2D eigenvalue weighted by Gasteiger charge is -2.36. The van der Waals surface area contributed by atoms with E-state index in [9.17, 15) is 18.0 Å². The second kappa shape index (κ2) is 8.57. The number of fused-ring (bicyclic) bond motifs is 1. The Morgan fingerprint density at radius 3 is 2.38 bits per heavy atom. The molecule has 0 N–H and O–H groups in total. The first kappa shape index (κ1) is 22.3. The van der Waals surface area contributed by atoms with Crippen LogP contribution in [-0.4, -0.2) is 60.5 Å². The molecule has 1 aliphatic rings. The molecule has 0 aliphatic carbocycles. The summed E-state index contributed by atoms with van der Waals surface area (Å²) in [5, 5.41) is 0.804. The first-order valence-electron chi connectivity index (χ1n) is 10.3. The van der Waals surface area contributed by atoms with Crippen molar-refractivity contribution in [3.63, 3.8) is 0 Å². The highest BCUT2D eigenvalue weighted by Crippen LogP contribution is 2.32. The molecule has 1 saturated heterocycles. The highest BCUT2D eigenvalue weighted by atomic mass is 32.1. The van der Waals surface area contributed by atoms with Gasteiger partial charge >= 0.3 is 6.18 Å². The fraction of sp³-hybridized carbons (Fsp3) is 0.409. The monoisotopic (exact) mass is 463 g/mol. The summed E-state index contributed by atoms with van der Waals surface area (Å²) < 4.78 is 39.3. The largest absolute Gasteiger partial charge is 0.417 e. The van der Waals surface area contributed by atoms with E-state index in [1.54, 1.807) is 16.2 Å². The van der Waals surface area contributed by atoms with E-state index in [4.69, 9.17) is 4.98 Å². The molecule has 0 bridgehead atoms. The van der Waals surface area contributed by atoms with Gasteiger partial charge in [0.1, 0.15) is 5.82 Å². The van der Waals surface area contributed by atoms with Crippen molar-refractivity contribution in [3.05, 3.63) is 47.2 Å². The number of aryl methyl sites for hydroxylation is 2. The number of hydrogen-bond donors (Lipinski definition) is 0. The lowest BCUT2D eigenvalue weighted by atomic mass is 10.1. The topological polar surface area (TPSA) is 52.6 Å². The van der Waals surface area contributed by atoms with Crippen molar-refractivity contribution in [1.82, 2.24) is 14.9 Å². The third-order valence-corrected chi connectivity index (χ3v) is 6.97. The summed E-state index contributed by atoms with van der Waals surface area (Å²) in [6.07, 6.45) is -3.55. The number of pyridine rings is 1. The number of alkyl halides is 3. The van der Waals surface area contributed by atoms with Gasteiger partial charge in [0.25, 0.3) is 0 Å². The number of halogens is 3. The first-order chi connectivity index (χ1) is 15.1. The maximum Gasteiger partial charge on any atom is 0.417 e. The van der Waals surface area contributed by atoms with Crippen LogP contribution in [0.25, 0.3) is 10.2 Å². The van der Waals surface area contributed by atoms with Crippen LogP contribution >= 0.6 is 11.3 Å². The van der Waals surface area contributed by atoms with E-state index in [1.165, 1.54) is 11.6 Å². The van der Waals surface area contributed by atoms with Gasteiger partial charge in [-0.2, -0.15) is 13.2 Å². The van der Waals surface area contributed by atoms with Gasteiger partial charge in [0.05, 0.1) is 22.3 Å². The summed E-state index contributed by atoms with van der Waals surface area (Å²) in [6.45, 7) is 6.33. The van der Waals surface area contributed by atoms with Gasteiger partial charge in [-0.1, -0.05) is 23.5 Å². The summed E-state index contributed by atoms with van der Waals surface area (Å²) in [6, 6.07) is 6.55. The van der Waals surface area contributed by atoms with Crippen LogP contribution in [0.3, 0.4) is 0 Å². The van der Waals surface area contributed by atoms with Crippen molar-refractivity contribution in [2.45, 2.75) is 20.0 Å². The summed E-state index contributed by atoms with van der Waals surface area (Å²) in [4.78, 5) is 27.0. The molecule has 0 radical (unpaired) electrons. The van der Waals surface area contributed by atoms with Crippen LogP contribution in [0.15, 0.2) is 30.5 Å². The molecule has 4 rings (SSSR count). The SMILES string of the molecule is Cc1ccc(C)c2sc(N(C)CC(=O)N3CCN(c4ccc(C(F)(F)F)cn4)CC3)nc12. The van der Waals surface area contributed by atoms with Crippen molar-refractivity contribution in [2.24, 2.45) is 0 Å². The molecule has 1 aromatic carbocycles. The average Bonchev–Trinajstić information content (AvgIpc) is 3.23. The van der Waals surface area contributed by atoms with Crippen molar-refractivity contribution in [3.8, 4) is 0 Å². The Balaban J connectivity index is 1.35. The second-order valence-corrected chi connectivity index (χ2v) is 8.98. The summed E-state index contributed by atoms with van der Waals surface area (Å²) in [5.41, 5.74) is 2.49. The third-order valence-electron chi connectivity index (χ3n) is 5.66. The van der Waals surface area contributed by atoms with Crippen LogP contribution in [0.5, 0.6) is 0 Å². The Morgan fingerprint density at radius 2 is 1.78 bits per heavy atom. The number of nitrogens with zero attached hydrogens (tertiary/aromatic N) is 5. The summed E-state index contributed by atoms with van der Waals surface area (Å²) in [7, 11) is 1.86. The fourth-order valence-electron chi connectivity index (χ4n) is 3.71. The minimum absolute atomic E-state index is 0.000212. The van der Waals surface area contributed by atoms with Crippen LogP contribution in [0.4, 0.5) is 24.1 Å². The van der Waals surface area contributed by atoms with Gasteiger partial charge in [0.15, 0.2) is 5.13 Å². The van der Waals surface area contributed by atoms with Gasteiger partial charge in [0.2, 0.25) is 5.91 Å². The first-order valence-corrected chi connectivity index (χ1v) is 11.1. The molecule has 3 heterocycles. The molecule has 0 saturated carbocycles. The van der Waals surface area contributed by atoms with Gasteiger partial charge in [-0.3, -0.25) is 4.79 Å². The number of hydrogen-bond acceptors (Lipinski definition) is 6. The average molecular weight is 464 g/mol. The third kappa shape index (κ3) is 4.50. The highest BCUT2D eigenvalue weighted by molar-refractivity contribution is 7.22. The van der Waals surface area contributed by atoms with Crippen LogP contribution in [0, 0.1) is 13.8 Å². The highest BCUT2D eigenvalue weighted by Gasteiger charge is 2.31. The van der Waals surface area contributed by atoms with Crippen molar-refractivity contribution in [2.75, 3.05) is 49.6 Å². The van der Waals surface area contributed by atoms with E-state index in [-0.39, 0.29) is 12.5 Å². The van der Waals surface area contributed by atoms with Crippen molar-refractivity contribution in [1.29, 1.82) is 0 Å². The van der Waals surface area contributed by atoms with E-state index in [0.717, 1.165) is 33.2 Å². The predicted molar refractivity (Wildman–Crippen MR) is 120 cm³/mol. The maximum absolute atomic E-state index is 12.8. The summed E-state index contributed by atoms with van der Waals surface area (Å²) >= 11 is 1.58. The zero-order chi connectivity index (χ0) is 23.0. The molecular weight excluding hydrogens is 439 g/mol. The lowest BCUT2D eigenvalue weighted by Crippen LogP contribution is -2.51. The number of aromatic nitrogens is 2. The molecule has 32 heavy (non-hydrogen) atoms. The predicted octanol–water partition coefficient (Wildman–Crippen LogP) is 4.11. The maximum atomic E-state index is 12.8. The number of benzene rings is 1. The Hall–Kier alpha value is -2.88. The van der Waals surface area contributed by atoms with Crippen molar-refractivity contribution >= 4 is 38.4 Å². The number of piperazine rings is 1. The van der Waals surface area contributed by atoms with Gasteiger partial charge in [-0.05, 0) is 37.1 Å². The number of carbonyl (C=O) groups excluding carboxylic acids is 1. The van der Waals surface area contributed by atoms with Crippen LogP contribution in [0.2, 0.25) is 0 Å². The van der Waals surface area contributed by atoms with E-state index in [2.05, 4.69) is 24.0 Å². The molecule has 0 spiro atoms. The fourth-order valence-corrected chi connectivity index (χ4v) is 4.78. The van der Waals surface area contributed by atoms with E-state index in [0.29, 0.717) is 32.0 Å².